The first-order chi connectivity index (χ1) is 13.2. The molecule has 27 heavy (non-hydrogen) atoms. The van der Waals surface area contributed by atoms with Crippen LogP contribution in [0, 0.1) is 17.7 Å². The van der Waals surface area contributed by atoms with Gasteiger partial charge in [0.25, 0.3) is 0 Å². The number of aryl methyl sites for hydroxylation is 1. The number of hydrogen-bond donors (Lipinski definition) is 0. The van der Waals surface area contributed by atoms with Crippen LogP contribution in [-0.2, 0) is 6.42 Å². The average molecular weight is 375 g/mol. The Balaban J connectivity index is 1.69. The molecule has 0 amide bonds. The maximum Gasteiger partial charge on any atom is 0.142 e. The van der Waals surface area contributed by atoms with Gasteiger partial charge in [0.05, 0.1) is 5.02 Å². The number of benzene rings is 3. The molecule has 0 aliphatic carbocycles. The summed E-state index contributed by atoms with van der Waals surface area (Å²) >= 11 is 5.74. The molecule has 134 valence electrons. The van der Waals surface area contributed by atoms with Crippen LogP contribution >= 0.6 is 11.6 Å². The number of allylic oxidation sites excluding steroid dienone is 2. The molecule has 0 unspecified atom stereocenters. The normalized spacial score (nSPS) is 10.6. The Bertz CT molecular complexity index is 987. The van der Waals surface area contributed by atoms with Crippen LogP contribution in [0.3, 0.4) is 0 Å². The fourth-order valence-corrected chi connectivity index (χ4v) is 2.86. The van der Waals surface area contributed by atoms with Gasteiger partial charge in [0.2, 0.25) is 0 Å². The van der Waals surface area contributed by atoms with Crippen molar-refractivity contribution in [1.82, 2.24) is 0 Å². The number of hydrogen-bond acceptors (Lipinski definition) is 0. The summed E-state index contributed by atoms with van der Waals surface area (Å²) in [7, 11) is 0. The van der Waals surface area contributed by atoms with E-state index in [-0.39, 0.29) is 5.02 Å². The highest BCUT2D eigenvalue weighted by Gasteiger charge is 2.03. The summed E-state index contributed by atoms with van der Waals surface area (Å²) in [6.45, 7) is 2.04. The van der Waals surface area contributed by atoms with Gasteiger partial charge in [-0.25, -0.2) is 4.39 Å². The van der Waals surface area contributed by atoms with E-state index in [1.165, 1.54) is 11.6 Å². The lowest BCUT2D eigenvalue weighted by atomic mass is 10.0. The van der Waals surface area contributed by atoms with Crippen molar-refractivity contribution >= 4 is 11.6 Å². The number of halogens is 2. The van der Waals surface area contributed by atoms with Gasteiger partial charge in [0.15, 0.2) is 0 Å². The molecule has 0 atom stereocenters. The third kappa shape index (κ3) is 5.33. The Morgan fingerprint density at radius 3 is 2.04 bits per heavy atom. The summed E-state index contributed by atoms with van der Waals surface area (Å²) < 4.78 is 13.6. The molecular formula is C25H20ClF. The van der Waals surface area contributed by atoms with Gasteiger partial charge < -0.3 is 0 Å². The molecule has 0 nitrogen and oxygen atoms in total. The molecule has 0 fully saturated rings. The number of rotatable bonds is 4. The standard InChI is InChI=1S/C25H20ClF/c1-2-3-4-5-19-6-8-20(9-7-19)10-11-21-12-14-22(15-13-21)23-16-17-24(26)25(27)18-23/h2-3,6-9,12-18H,4-5H2,1H3/b3-2+. The average Bonchev–Trinajstić information content (AvgIpc) is 2.70. The maximum atomic E-state index is 13.6. The summed E-state index contributed by atoms with van der Waals surface area (Å²) in [6.07, 6.45) is 6.36. The van der Waals surface area contributed by atoms with Gasteiger partial charge in [-0.15, -0.1) is 0 Å². The maximum absolute atomic E-state index is 13.6. The molecule has 0 heterocycles. The highest BCUT2D eigenvalue weighted by molar-refractivity contribution is 6.30. The molecule has 0 aromatic heterocycles. The summed E-state index contributed by atoms with van der Waals surface area (Å²) in [5, 5.41) is 0.133. The van der Waals surface area contributed by atoms with Crippen molar-refractivity contribution in [2.24, 2.45) is 0 Å². The lowest BCUT2D eigenvalue weighted by molar-refractivity contribution is 0.629. The molecule has 3 aromatic carbocycles. The zero-order valence-corrected chi connectivity index (χ0v) is 15.9. The predicted molar refractivity (Wildman–Crippen MR) is 112 cm³/mol. The Morgan fingerprint density at radius 2 is 1.44 bits per heavy atom. The van der Waals surface area contributed by atoms with E-state index in [1.54, 1.807) is 6.07 Å². The van der Waals surface area contributed by atoms with Crippen LogP contribution in [0.5, 0.6) is 0 Å². The van der Waals surface area contributed by atoms with Gasteiger partial charge in [-0.2, -0.15) is 0 Å². The van der Waals surface area contributed by atoms with Crippen LogP contribution in [-0.4, -0.2) is 0 Å². The second-order valence-electron chi connectivity index (χ2n) is 6.26. The Morgan fingerprint density at radius 1 is 0.852 bits per heavy atom. The summed E-state index contributed by atoms with van der Waals surface area (Å²) in [5.74, 6) is 5.96. The van der Waals surface area contributed by atoms with E-state index in [0.717, 1.165) is 35.1 Å². The molecule has 2 heteroatoms. The first-order valence-corrected chi connectivity index (χ1v) is 9.31. The second kappa shape index (κ2) is 9.21. The van der Waals surface area contributed by atoms with Gasteiger partial charge in [-0.1, -0.05) is 65.9 Å². The van der Waals surface area contributed by atoms with E-state index >= 15 is 0 Å². The molecule has 0 radical (unpaired) electrons. The minimum atomic E-state index is -0.410. The Hall–Kier alpha value is -2.82. The van der Waals surface area contributed by atoms with E-state index in [1.807, 2.05) is 37.3 Å². The molecule has 0 aliphatic rings. The summed E-state index contributed by atoms with van der Waals surface area (Å²) in [4.78, 5) is 0. The van der Waals surface area contributed by atoms with E-state index in [9.17, 15) is 4.39 Å². The first kappa shape index (κ1) is 19.0. The highest BCUT2D eigenvalue weighted by Crippen LogP contribution is 2.24. The van der Waals surface area contributed by atoms with E-state index in [4.69, 9.17) is 11.6 Å². The zero-order valence-electron chi connectivity index (χ0n) is 15.2. The monoisotopic (exact) mass is 374 g/mol. The van der Waals surface area contributed by atoms with Crippen molar-refractivity contribution in [2.45, 2.75) is 19.8 Å². The third-order valence-corrected chi connectivity index (χ3v) is 4.58. The zero-order chi connectivity index (χ0) is 19.1. The lowest BCUT2D eigenvalue weighted by Gasteiger charge is -2.03. The highest BCUT2D eigenvalue weighted by atomic mass is 35.5. The minimum absolute atomic E-state index is 0.133. The molecule has 3 aromatic rings. The van der Waals surface area contributed by atoms with Gasteiger partial charge in [-0.3, -0.25) is 0 Å². The largest absolute Gasteiger partial charge is 0.205 e. The molecule has 0 N–H and O–H groups in total. The smallest absolute Gasteiger partial charge is 0.142 e. The van der Waals surface area contributed by atoms with E-state index < -0.39 is 5.82 Å². The fourth-order valence-electron chi connectivity index (χ4n) is 2.74. The fraction of sp³-hybridized carbons (Fsp3) is 0.120. The van der Waals surface area contributed by atoms with E-state index in [0.29, 0.717) is 0 Å². The third-order valence-electron chi connectivity index (χ3n) is 4.28. The lowest BCUT2D eigenvalue weighted by Crippen LogP contribution is -1.84. The second-order valence-corrected chi connectivity index (χ2v) is 6.67. The Labute approximate surface area is 165 Å². The van der Waals surface area contributed by atoms with Crippen LogP contribution in [0.4, 0.5) is 4.39 Å². The molecule has 0 spiro atoms. The van der Waals surface area contributed by atoms with E-state index in [2.05, 4.69) is 48.3 Å². The molecule has 0 bridgehead atoms. The van der Waals surface area contributed by atoms with Crippen molar-refractivity contribution in [3.05, 3.63) is 106 Å². The SMILES string of the molecule is C/C=C/CCc1ccc(C#Cc2ccc(-c3ccc(Cl)c(F)c3)cc2)cc1. The topological polar surface area (TPSA) is 0 Å². The van der Waals surface area contributed by atoms with Crippen LogP contribution in [0.15, 0.2) is 78.9 Å². The molecule has 0 saturated carbocycles. The molecule has 3 rings (SSSR count). The van der Waals surface area contributed by atoms with Crippen molar-refractivity contribution in [1.29, 1.82) is 0 Å². The minimum Gasteiger partial charge on any atom is -0.205 e. The van der Waals surface area contributed by atoms with Crippen LogP contribution in [0.2, 0.25) is 5.02 Å². The van der Waals surface area contributed by atoms with Gasteiger partial charge in [-0.05, 0) is 72.9 Å². The molecule has 0 aliphatic heterocycles. The van der Waals surface area contributed by atoms with Crippen molar-refractivity contribution in [3.8, 4) is 23.0 Å². The van der Waals surface area contributed by atoms with Gasteiger partial charge >= 0.3 is 0 Å². The van der Waals surface area contributed by atoms with Gasteiger partial charge in [0, 0.05) is 11.1 Å². The van der Waals surface area contributed by atoms with Crippen molar-refractivity contribution in [3.63, 3.8) is 0 Å². The van der Waals surface area contributed by atoms with Crippen LogP contribution in [0.25, 0.3) is 11.1 Å². The quantitative estimate of drug-likeness (QED) is 0.339. The van der Waals surface area contributed by atoms with Gasteiger partial charge in [0.1, 0.15) is 5.82 Å². The van der Waals surface area contributed by atoms with Crippen LogP contribution < -0.4 is 0 Å². The van der Waals surface area contributed by atoms with Crippen LogP contribution in [0.1, 0.15) is 30.0 Å². The molecular weight excluding hydrogens is 355 g/mol. The summed E-state index contributed by atoms with van der Waals surface area (Å²) in [5.41, 5.74) is 4.96. The summed E-state index contributed by atoms with van der Waals surface area (Å²) in [6, 6.07) is 21.0. The predicted octanol–water partition coefficient (Wildman–Crippen LogP) is 7.05. The van der Waals surface area contributed by atoms with Crippen molar-refractivity contribution < 1.29 is 4.39 Å². The van der Waals surface area contributed by atoms with Crippen molar-refractivity contribution in [2.75, 3.05) is 0 Å². The Kier molecular flexibility index (Phi) is 6.47. The first-order valence-electron chi connectivity index (χ1n) is 8.93. The molecule has 0 saturated heterocycles.